The van der Waals surface area contributed by atoms with Crippen LogP contribution in [0.5, 0.6) is 0 Å². The Morgan fingerprint density at radius 2 is 2.17 bits per heavy atom. The summed E-state index contributed by atoms with van der Waals surface area (Å²) in [5.41, 5.74) is 1.15. The molecule has 0 saturated carbocycles. The molecule has 0 aliphatic rings. The maximum Gasteiger partial charge on any atom is 0.0803 e. The maximum atomic E-state index is 4.47. The minimum absolute atomic E-state index is 0.0689. The molecular weight excluding hydrogens is 222 g/mol. The molecule has 0 aromatic carbocycles. The van der Waals surface area contributed by atoms with E-state index in [0.717, 1.165) is 25.1 Å². The van der Waals surface area contributed by atoms with Crippen LogP contribution < -0.4 is 5.32 Å². The average molecular weight is 247 g/mol. The van der Waals surface area contributed by atoms with E-state index in [2.05, 4.69) is 56.0 Å². The van der Waals surface area contributed by atoms with E-state index in [1.54, 1.807) is 0 Å². The standard InChI is InChI=1S/C15H25N3/c1-6-11-16-13(8-7-10-15(2,3)4)14-9-12-18(5)17-14/h9,12-13,16H,6,8,11H2,1-5H3. The van der Waals surface area contributed by atoms with Gasteiger partial charge in [-0.15, -0.1) is 5.92 Å². The minimum atomic E-state index is 0.0689. The molecule has 3 heteroatoms. The van der Waals surface area contributed by atoms with E-state index in [9.17, 15) is 0 Å². The molecule has 18 heavy (non-hydrogen) atoms. The molecule has 1 unspecified atom stereocenters. The molecule has 1 N–H and O–H groups in total. The van der Waals surface area contributed by atoms with Gasteiger partial charge in [0.25, 0.3) is 0 Å². The number of nitrogens with zero attached hydrogens (tertiary/aromatic N) is 2. The number of hydrogen-bond donors (Lipinski definition) is 1. The number of nitrogens with one attached hydrogen (secondary N) is 1. The third kappa shape index (κ3) is 5.37. The summed E-state index contributed by atoms with van der Waals surface area (Å²) in [6, 6.07) is 2.30. The first-order valence-corrected chi connectivity index (χ1v) is 6.65. The molecule has 0 spiro atoms. The molecule has 0 saturated heterocycles. The SMILES string of the molecule is CCCNC(CC#CC(C)(C)C)c1ccn(C)n1. The predicted octanol–water partition coefficient (Wildman–Crippen LogP) is 2.90. The summed E-state index contributed by atoms with van der Waals surface area (Å²) >= 11 is 0. The van der Waals surface area contributed by atoms with Crippen molar-refractivity contribution in [1.82, 2.24) is 15.1 Å². The fourth-order valence-corrected chi connectivity index (χ4v) is 1.64. The molecule has 1 atom stereocenters. The molecule has 1 aromatic heterocycles. The highest BCUT2D eigenvalue weighted by atomic mass is 15.3. The molecule has 1 aromatic rings. The highest BCUT2D eigenvalue weighted by molar-refractivity contribution is 5.13. The zero-order chi connectivity index (χ0) is 13.6. The second kappa shape index (κ2) is 6.61. The summed E-state index contributed by atoms with van der Waals surface area (Å²) < 4.78 is 1.84. The van der Waals surface area contributed by atoms with Gasteiger partial charge in [-0.05, 0) is 39.8 Å². The third-order valence-electron chi connectivity index (χ3n) is 2.50. The number of hydrogen-bond acceptors (Lipinski definition) is 2. The van der Waals surface area contributed by atoms with Crippen LogP contribution in [0.4, 0.5) is 0 Å². The minimum Gasteiger partial charge on any atom is -0.308 e. The van der Waals surface area contributed by atoms with E-state index in [-0.39, 0.29) is 11.5 Å². The van der Waals surface area contributed by atoms with E-state index in [1.807, 2.05) is 17.9 Å². The fraction of sp³-hybridized carbons (Fsp3) is 0.667. The van der Waals surface area contributed by atoms with Crippen LogP contribution in [-0.2, 0) is 7.05 Å². The second-order valence-electron chi connectivity index (χ2n) is 5.68. The van der Waals surface area contributed by atoms with E-state index in [1.165, 1.54) is 0 Å². The fourth-order valence-electron chi connectivity index (χ4n) is 1.64. The van der Waals surface area contributed by atoms with Crippen molar-refractivity contribution in [3.63, 3.8) is 0 Å². The number of aryl methyl sites for hydroxylation is 1. The summed E-state index contributed by atoms with van der Waals surface area (Å²) in [6.07, 6.45) is 3.91. The predicted molar refractivity (Wildman–Crippen MR) is 76.1 cm³/mol. The van der Waals surface area contributed by atoms with Gasteiger partial charge in [0, 0.05) is 25.1 Å². The van der Waals surface area contributed by atoms with Crippen molar-refractivity contribution in [1.29, 1.82) is 0 Å². The van der Waals surface area contributed by atoms with Gasteiger partial charge in [-0.2, -0.15) is 5.10 Å². The van der Waals surface area contributed by atoms with Crippen LogP contribution in [0.3, 0.4) is 0 Å². The van der Waals surface area contributed by atoms with Gasteiger partial charge >= 0.3 is 0 Å². The topological polar surface area (TPSA) is 29.9 Å². The van der Waals surface area contributed by atoms with Crippen molar-refractivity contribution >= 4 is 0 Å². The van der Waals surface area contributed by atoms with E-state index in [0.29, 0.717) is 0 Å². The normalized spacial score (nSPS) is 12.9. The Bertz CT molecular complexity index is 415. The summed E-state index contributed by atoms with van der Waals surface area (Å²) in [5, 5.41) is 7.97. The molecule has 0 bridgehead atoms. The Morgan fingerprint density at radius 3 is 2.67 bits per heavy atom. The molecule has 0 fully saturated rings. The number of rotatable bonds is 5. The van der Waals surface area contributed by atoms with Gasteiger partial charge in [-0.1, -0.05) is 12.8 Å². The molecule has 100 valence electrons. The van der Waals surface area contributed by atoms with Crippen LogP contribution in [0, 0.1) is 17.3 Å². The van der Waals surface area contributed by atoms with E-state index in [4.69, 9.17) is 0 Å². The van der Waals surface area contributed by atoms with Gasteiger partial charge < -0.3 is 5.32 Å². The quantitative estimate of drug-likeness (QED) is 0.811. The lowest BCUT2D eigenvalue weighted by Gasteiger charge is -2.14. The molecule has 1 heterocycles. The van der Waals surface area contributed by atoms with Crippen LogP contribution in [0.2, 0.25) is 0 Å². The second-order valence-corrected chi connectivity index (χ2v) is 5.68. The lowest BCUT2D eigenvalue weighted by molar-refractivity contribution is 0.520. The van der Waals surface area contributed by atoms with Crippen molar-refractivity contribution < 1.29 is 0 Å². The molecule has 0 amide bonds. The molecular formula is C15H25N3. The zero-order valence-electron chi connectivity index (χ0n) is 12.2. The molecule has 1 rings (SSSR count). The first-order chi connectivity index (χ1) is 8.42. The first kappa shape index (κ1) is 14.8. The van der Waals surface area contributed by atoms with Crippen LogP contribution in [0.1, 0.15) is 52.3 Å². The monoisotopic (exact) mass is 247 g/mol. The smallest absolute Gasteiger partial charge is 0.0803 e. The van der Waals surface area contributed by atoms with Crippen LogP contribution in [0.15, 0.2) is 12.3 Å². The van der Waals surface area contributed by atoms with Gasteiger partial charge in [0.15, 0.2) is 0 Å². The Labute approximate surface area is 111 Å². The van der Waals surface area contributed by atoms with E-state index < -0.39 is 0 Å². The van der Waals surface area contributed by atoms with E-state index >= 15 is 0 Å². The van der Waals surface area contributed by atoms with Gasteiger partial charge in [0.2, 0.25) is 0 Å². The van der Waals surface area contributed by atoms with Gasteiger partial charge in [0.1, 0.15) is 0 Å². The highest BCUT2D eigenvalue weighted by Gasteiger charge is 2.12. The maximum absolute atomic E-state index is 4.47. The lowest BCUT2D eigenvalue weighted by atomic mass is 9.97. The Kier molecular flexibility index (Phi) is 5.43. The molecule has 0 aliphatic carbocycles. The van der Waals surface area contributed by atoms with Crippen molar-refractivity contribution in [3.05, 3.63) is 18.0 Å². The Hall–Kier alpha value is -1.27. The summed E-state index contributed by atoms with van der Waals surface area (Å²) in [5.74, 6) is 6.56. The molecule has 0 aliphatic heterocycles. The van der Waals surface area contributed by atoms with Gasteiger partial charge in [-0.25, -0.2) is 0 Å². The van der Waals surface area contributed by atoms with Gasteiger partial charge in [-0.3, -0.25) is 4.68 Å². The first-order valence-electron chi connectivity index (χ1n) is 6.65. The highest BCUT2D eigenvalue weighted by Crippen LogP contribution is 2.15. The van der Waals surface area contributed by atoms with Crippen molar-refractivity contribution in [2.75, 3.05) is 6.54 Å². The van der Waals surface area contributed by atoms with Crippen molar-refractivity contribution in [2.24, 2.45) is 12.5 Å². The molecule has 0 radical (unpaired) electrons. The average Bonchev–Trinajstić information content (AvgIpc) is 2.68. The Balaban J connectivity index is 2.69. The molecule has 3 nitrogen and oxygen atoms in total. The summed E-state index contributed by atoms with van der Waals surface area (Å²) in [6.45, 7) is 9.57. The van der Waals surface area contributed by atoms with Crippen LogP contribution in [0.25, 0.3) is 0 Å². The number of aromatic nitrogens is 2. The summed E-state index contributed by atoms with van der Waals surface area (Å²) in [7, 11) is 1.95. The van der Waals surface area contributed by atoms with Crippen LogP contribution >= 0.6 is 0 Å². The van der Waals surface area contributed by atoms with Gasteiger partial charge in [0.05, 0.1) is 11.7 Å². The zero-order valence-corrected chi connectivity index (χ0v) is 12.2. The Morgan fingerprint density at radius 1 is 1.44 bits per heavy atom. The summed E-state index contributed by atoms with van der Waals surface area (Å²) in [4.78, 5) is 0. The third-order valence-corrected chi connectivity index (χ3v) is 2.50. The van der Waals surface area contributed by atoms with Crippen LogP contribution in [-0.4, -0.2) is 16.3 Å². The van der Waals surface area contributed by atoms with Crippen molar-refractivity contribution in [3.8, 4) is 11.8 Å². The largest absolute Gasteiger partial charge is 0.308 e. The lowest BCUT2D eigenvalue weighted by Crippen LogP contribution is -2.22. The van der Waals surface area contributed by atoms with Crippen molar-refractivity contribution in [2.45, 2.75) is 46.6 Å².